The van der Waals surface area contributed by atoms with Crippen molar-refractivity contribution in [3.63, 3.8) is 0 Å². The first kappa shape index (κ1) is 13.4. The normalized spacial score (nSPS) is 13.9. The van der Waals surface area contributed by atoms with Gasteiger partial charge in [-0.3, -0.25) is 4.79 Å². The van der Waals surface area contributed by atoms with Gasteiger partial charge < -0.3 is 15.3 Å². The number of benzene rings is 1. The van der Waals surface area contributed by atoms with Gasteiger partial charge in [0.15, 0.2) is 0 Å². The molecular formula is C14H18N2O3. The number of carboxylic acid groups (broad SMARTS) is 1. The third kappa shape index (κ3) is 3.71. The van der Waals surface area contributed by atoms with E-state index < -0.39 is 5.97 Å². The second-order valence-electron chi connectivity index (χ2n) is 4.71. The fourth-order valence-corrected chi connectivity index (χ4v) is 2.03. The average Bonchev–Trinajstić information content (AvgIpc) is 3.16. The Hall–Kier alpha value is -2.04. The first-order chi connectivity index (χ1) is 9.10. The first-order valence-electron chi connectivity index (χ1n) is 6.48. The average molecular weight is 262 g/mol. The molecule has 1 aromatic carbocycles. The molecule has 0 unspecified atom stereocenters. The predicted octanol–water partition coefficient (Wildman–Crippen LogP) is 2.33. The molecule has 0 heterocycles. The summed E-state index contributed by atoms with van der Waals surface area (Å²) in [4.78, 5) is 24.4. The van der Waals surface area contributed by atoms with Gasteiger partial charge in [-0.25, -0.2) is 4.79 Å². The van der Waals surface area contributed by atoms with Gasteiger partial charge in [0.2, 0.25) is 0 Å². The summed E-state index contributed by atoms with van der Waals surface area (Å²) in [5.74, 6) is -0.859. The molecule has 0 bridgehead atoms. The van der Waals surface area contributed by atoms with E-state index in [4.69, 9.17) is 5.11 Å². The number of aliphatic carboxylic acids is 1. The summed E-state index contributed by atoms with van der Waals surface area (Å²) in [5.41, 5.74) is 1.42. The zero-order valence-electron chi connectivity index (χ0n) is 10.9. The second-order valence-corrected chi connectivity index (χ2v) is 4.71. The summed E-state index contributed by atoms with van der Waals surface area (Å²) in [6, 6.07) is 7.20. The molecule has 2 amide bonds. The minimum atomic E-state index is -0.859. The minimum absolute atomic E-state index is 0.00259. The summed E-state index contributed by atoms with van der Waals surface area (Å²) in [6.07, 6.45) is 2.16. The highest BCUT2D eigenvalue weighted by molar-refractivity contribution is 5.89. The Balaban J connectivity index is 1.94. The Bertz CT molecular complexity index is 466. The molecule has 5 heteroatoms. The lowest BCUT2D eigenvalue weighted by molar-refractivity contribution is -0.136. The van der Waals surface area contributed by atoms with Gasteiger partial charge in [-0.1, -0.05) is 12.1 Å². The zero-order chi connectivity index (χ0) is 13.8. The van der Waals surface area contributed by atoms with E-state index in [2.05, 4.69) is 5.32 Å². The largest absolute Gasteiger partial charge is 0.481 e. The molecule has 102 valence electrons. The fourth-order valence-electron chi connectivity index (χ4n) is 2.03. The van der Waals surface area contributed by atoms with Crippen molar-refractivity contribution in [1.82, 2.24) is 4.90 Å². The molecule has 1 aromatic rings. The molecule has 0 atom stereocenters. The van der Waals surface area contributed by atoms with E-state index in [0.717, 1.165) is 18.4 Å². The highest BCUT2D eigenvalue weighted by atomic mass is 16.4. The molecule has 5 nitrogen and oxygen atoms in total. The van der Waals surface area contributed by atoms with Gasteiger partial charge in [0.1, 0.15) is 0 Å². The zero-order valence-corrected chi connectivity index (χ0v) is 10.9. The van der Waals surface area contributed by atoms with Crippen LogP contribution in [-0.2, 0) is 11.2 Å². The number of hydrogen-bond donors (Lipinski definition) is 2. The monoisotopic (exact) mass is 262 g/mol. The molecule has 1 aliphatic rings. The molecule has 2 N–H and O–H groups in total. The topological polar surface area (TPSA) is 69.6 Å². The highest BCUT2D eigenvalue weighted by Crippen LogP contribution is 2.27. The number of hydrogen-bond acceptors (Lipinski definition) is 2. The number of rotatable bonds is 5. The van der Waals surface area contributed by atoms with Gasteiger partial charge >= 0.3 is 12.0 Å². The van der Waals surface area contributed by atoms with Crippen LogP contribution in [0.2, 0.25) is 0 Å². The van der Waals surface area contributed by atoms with Crippen LogP contribution in [0.1, 0.15) is 25.3 Å². The summed E-state index contributed by atoms with van der Waals surface area (Å²) in [7, 11) is 0. The number of urea groups is 1. The van der Waals surface area contributed by atoms with Crippen molar-refractivity contribution in [2.75, 3.05) is 11.9 Å². The van der Waals surface area contributed by atoms with E-state index in [9.17, 15) is 9.59 Å². The molecule has 2 rings (SSSR count). The van der Waals surface area contributed by atoms with Crippen LogP contribution in [0.5, 0.6) is 0 Å². The number of anilines is 1. The standard InChI is InChI=1S/C14H18N2O3/c1-2-16(12-7-8-12)14(19)15-11-5-3-10(4-6-11)9-13(17)18/h3-6,12H,2,7-9H2,1H3,(H,15,19)(H,17,18). The number of carbonyl (C=O) groups is 2. The Labute approximate surface area is 112 Å². The van der Waals surface area contributed by atoms with E-state index in [-0.39, 0.29) is 12.5 Å². The van der Waals surface area contributed by atoms with Crippen molar-refractivity contribution < 1.29 is 14.7 Å². The van der Waals surface area contributed by atoms with Crippen molar-refractivity contribution in [2.45, 2.75) is 32.2 Å². The smallest absolute Gasteiger partial charge is 0.322 e. The molecule has 0 aliphatic heterocycles. The van der Waals surface area contributed by atoms with Crippen LogP contribution in [0.4, 0.5) is 10.5 Å². The van der Waals surface area contributed by atoms with Crippen molar-refractivity contribution in [3.05, 3.63) is 29.8 Å². The number of nitrogens with one attached hydrogen (secondary N) is 1. The molecule has 0 aromatic heterocycles. The van der Waals surface area contributed by atoms with Crippen LogP contribution in [0.3, 0.4) is 0 Å². The quantitative estimate of drug-likeness (QED) is 0.855. The van der Waals surface area contributed by atoms with Crippen molar-refractivity contribution in [2.24, 2.45) is 0 Å². The molecule has 0 saturated heterocycles. The van der Waals surface area contributed by atoms with Crippen molar-refractivity contribution in [3.8, 4) is 0 Å². The van der Waals surface area contributed by atoms with Gasteiger partial charge in [-0.15, -0.1) is 0 Å². The van der Waals surface area contributed by atoms with Crippen LogP contribution in [0, 0.1) is 0 Å². The van der Waals surface area contributed by atoms with Crippen LogP contribution in [0.25, 0.3) is 0 Å². The van der Waals surface area contributed by atoms with Gasteiger partial charge in [0, 0.05) is 18.3 Å². The molecule has 0 radical (unpaired) electrons. The SMILES string of the molecule is CCN(C(=O)Nc1ccc(CC(=O)O)cc1)C1CC1. The summed E-state index contributed by atoms with van der Waals surface area (Å²) in [5, 5.41) is 11.5. The van der Waals surface area contributed by atoms with Crippen LogP contribution >= 0.6 is 0 Å². The molecule has 1 saturated carbocycles. The fraction of sp³-hybridized carbons (Fsp3) is 0.429. The third-order valence-electron chi connectivity index (χ3n) is 3.15. The molecule has 19 heavy (non-hydrogen) atoms. The first-order valence-corrected chi connectivity index (χ1v) is 6.48. The van der Waals surface area contributed by atoms with Crippen LogP contribution < -0.4 is 5.32 Å². The Morgan fingerprint density at radius 3 is 2.42 bits per heavy atom. The van der Waals surface area contributed by atoms with Crippen molar-refractivity contribution in [1.29, 1.82) is 0 Å². The van der Waals surface area contributed by atoms with E-state index in [1.54, 1.807) is 24.3 Å². The lowest BCUT2D eigenvalue weighted by atomic mass is 10.1. The van der Waals surface area contributed by atoms with Crippen LogP contribution in [-0.4, -0.2) is 34.6 Å². The number of nitrogens with zero attached hydrogens (tertiary/aromatic N) is 1. The van der Waals surface area contributed by atoms with E-state index in [1.807, 2.05) is 11.8 Å². The van der Waals surface area contributed by atoms with Crippen LogP contribution in [0.15, 0.2) is 24.3 Å². The Morgan fingerprint density at radius 2 is 1.95 bits per heavy atom. The lowest BCUT2D eigenvalue weighted by Crippen LogP contribution is -2.36. The maximum absolute atomic E-state index is 12.0. The maximum atomic E-state index is 12.0. The second kappa shape index (κ2) is 5.73. The highest BCUT2D eigenvalue weighted by Gasteiger charge is 2.31. The van der Waals surface area contributed by atoms with E-state index in [1.165, 1.54) is 0 Å². The lowest BCUT2D eigenvalue weighted by Gasteiger charge is -2.20. The molecule has 1 aliphatic carbocycles. The third-order valence-corrected chi connectivity index (χ3v) is 3.15. The number of carbonyl (C=O) groups excluding carboxylic acids is 1. The number of carboxylic acids is 1. The minimum Gasteiger partial charge on any atom is -0.481 e. The Morgan fingerprint density at radius 1 is 1.32 bits per heavy atom. The summed E-state index contributed by atoms with van der Waals surface area (Å²) < 4.78 is 0. The number of amides is 2. The maximum Gasteiger partial charge on any atom is 0.322 e. The van der Waals surface area contributed by atoms with Gasteiger partial charge in [0.25, 0.3) is 0 Å². The Kier molecular flexibility index (Phi) is 4.04. The van der Waals surface area contributed by atoms with Gasteiger partial charge in [-0.2, -0.15) is 0 Å². The molecule has 0 spiro atoms. The summed E-state index contributed by atoms with van der Waals surface area (Å²) >= 11 is 0. The van der Waals surface area contributed by atoms with Gasteiger partial charge in [-0.05, 0) is 37.5 Å². The van der Waals surface area contributed by atoms with E-state index >= 15 is 0 Å². The molecule has 1 fully saturated rings. The molecular weight excluding hydrogens is 244 g/mol. The summed E-state index contributed by atoms with van der Waals surface area (Å²) in [6.45, 7) is 2.67. The van der Waals surface area contributed by atoms with E-state index in [0.29, 0.717) is 18.3 Å². The van der Waals surface area contributed by atoms with Crippen molar-refractivity contribution >= 4 is 17.7 Å². The predicted molar refractivity (Wildman–Crippen MR) is 72.2 cm³/mol. The van der Waals surface area contributed by atoms with Gasteiger partial charge in [0.05, 0.1) is 6.42 Å².